The molecule has 5 heteroatoms. The van der Waals surface area contributed by atoms with Crippen LogP contribution < -0.4 is 0 Å². The van der Waals surface area contributed by atoms with Crippen molar-refractivity contribution in [3.8, 4) is 11.4 Å². The van der Waals surface area contributed by atoms with Gasteiger partial charge in [0, 0.05) is 17.8 Å². The van der Waals surface area contributed by atoms with Crippen LogP contribution >= 0.6 is 0 Å². The van der Waals surface area contributed by atoms with E-state index in [4.69, 9.17) is 0 Å². The summed E-state index contributed by atoms with van der Waals surface area (Å²) < 4.78 is 0. The number of ketones is 2. The molecule has 0 atom stereocenters. The summed E-state index contributed by atoms with van der Waals surface area (Å²) in [6, 6.07) is 9.17. The van der Waals surface area contributed by atoms with Crippen molar-refractivity contribution < 1.29 is 14.7 Å². The van der Waals surface area contributed by atoms with Crippen molar-refractivity contribution in [3.63, 3.8) is 0 Å². The van der Waals surface area contributed by atoms with Crippen LogP contribution in [0.1, 0.15) is 16.1 Å². The Hall–Kier alpha value is -2.82. The minimum Gasteiger partial charge on any atom is -0.506 e. The number of allylic oxidation sites excluding steroid dienone is 1. The number of carbonyl (C=O) groups is 2. The zero-order valence-corrected chi connectivity index (χ0v) is 9.70. The Morgan fingerprint density at radius 2 is 1.79 bits per heavy atom. The Morgan fingerprint density at radius 1 is 1.05 bits per heavy atom. The molecule has 0 amide bonds. The van der Waals surface area contributed by atoms with Crippen LogP contribution in [-0.2, 0) is 4.79 Å². The van der Waals surface area contributed by atoms with Crippen LogP contribution in [0.25, 0.3) is 17.1 Å². The van der Waals surface area contributed by atoms with Gasteiger partial charge in [-0.25, -0.2) is 9.97 Å². The first kappa shape index (κ1) is 11.3. The van der Waals surface area contributed by atoms with E-state index in [1.165, 1.54) is 6.20 Å². The monoisotopic (exact) mass is 252 g/mol. The van der Waals surface area contributed by atoms with Crippen LogP contribution in [0.4, 0.5) is 0 Å². The molecular weight excluding hydrogens is 244 g/mol. The molecule has 0 unspecified atom stereocenters. The van der Waals surface area contributed by atoms with Crippen molar-refractivity contribution in [2.75, 3.05) is 0 Å². The van der Waals surface area contributed by atoms with Crippen molar-refractivity contribution in [1.29, 1.82) is 0 Å². The number of hydrogen-bond acceptors (Lipinski definition) is 5. The zero-order valence-electron chi connectivity index (χ0n) is 9.70. The van der Waals surface area contributed by atoms with Gasteiger partial charge in [-0.15, -0.1) is 0 Å². The Balaban J connectivity index is 2.17. The maximum Gasteiger partial charge on any atom is 0.236 e. The average molecular weight is 252 g/mol. The normalized spacial score (nSPS) is 14.0. The fourth-order valence-electron chi connectivity index (χ4n) is 1.86. The summed E-state index contributed by atoms with van der Waals surface area (Å²) >= 11 is 0. The third-order valence-electron chi connectivity index (χ3n) is 2.80. The number of rotatable bonds is 1. The molecule has 19 heavy (non-hydrogen) atoms. The van der Waals surface area contributed by atoms with Crippen LogP contribution in [0.2, 0.25) is 0 Å². The summed E-state index contributed by atoms with van der Waals surface area (Å²) in [7, 11) is 0. The molecule has 3 rings (SSSR count). The third-order valence-corrected chi connectivity index (χ3v) is 2.80. The molecule has 0 saturated heterocycles. The molecule has 92 valence electrons. The molecule has 1 aromatic carbocycles. The molecule has 1 aromatic heterocycles. The van der Waals surface area contributed by atoms with E-state index in [9.17, 15) is 14.7 Å². The second-order valence-electron chi connectivity index (χ2n) is 4.04. The Morgan fingerprint density at radius 3 is 2.53 bits per heavy atom. The fraction of sp³-hybridized carbons (Fsp3) is 0. The van der Waals surface area contributed by atoms with Crippen molar-refractivity contribution in [2.45, 2.75) is 0 Å². The molecule has 0 spiro atoms. The predicted octanol–water partition coefficient (Wildman–Crippen LogP) is 1.81. The van der Waals surface area contributed by atoms with Crippen LogP contribution in [0.5, 0.6) is 0 Å². The van der Waals surface area contributed by atoms with Gasteiger partial charge in [-0.3, -0.25) is 9.59 Å². The first-order valence-corrected chi connectivity index (χ1v) is 5.59. The van der Waals surface area contributed by atoms with Gasteiger partial charge in [-0.2, -0.15) is 0 Å². The first-order chi connectivity index (χ1) is 9.16. The molecule has 0 fully saturated rings. The van der Waals surface area contributed by atoms with E-state index in [1.54, 1.807) is 0 Å². The van der Waals surface area contributed by atoms with E-state index in [0.29, 0.717) is 5.82 Å². The minimum absolute atomic E-state index is 0.0321. The second-order valence-corrected chi connectivity index (χ2v) is 4.04. The molecule has 1 aliphatic carbocycles. The lowest BCUT2D eigenvalue weighted by Crippen LogP contribution is -2.20. The standard InChI is InChI=1S/C14H8N2O3/c17-10-6-11(18)13(19)9-7-15-14(16-12(9)10)8-4-2-1-3-5-8/h1-7,17H. The van der Waals surface area contributed by atoms with Gasteiger partial charge in [-0.05, 0) is 0 Å². The number of nitrogens with zero attached hydrogens (tertiary/aromatic N) is 2. The molecular formula is C14H8N2O3. The fourth-order valence-corrected chi connectivity index (χ4v) is 1.86. The number of aliphatic hydroxyl groups is 1. The van der Waals surface area contributed by atoms with Gasteiger partial charge in [-0.1, -0.05) is 30.3 Å². The van der Waals surface area contributed by atoms with Crippen molar-refractivity contribution in [2.24, 2.45) is 0 Å². The lowest BCUT2D eigenvalue weighted by Gasteiger charge is -2.11. The molecule has 0 aliphatic heterocycles. The Kier molecular flexibility index (Phi) is 2.45. The molecule has 1 N–H and O–H groups in total. The lowest BCUT2D eigenvalue weighted by molar-refractivity contribution is -0.111. The number of carbonyl (C=O) groups excluding carboxylic acids is 2. The zero-order chi connectivity index (χ0) is 13.4. The van der Waals surface area contributed by atoms with E-state index in [0.717, 1.165) is 11.6 Å². The Labute approximate surface area is 108 Å². The van der Waals surface area contributed by atoms with Gasteiger partial charge in [0.2, 0.25) is 11.6 Å². The van der Waals surface area contributed by atoms with Gasteiger partial charge in [0.05, 0.1) is 5.56 Å². The van der Waals surface area contributed by atoms with Gasteiger partial charge < -0.3 is 5.11 Å². The van der Waals surface area contributed by atoms with Gasteiger partial charge in [0.1, 0.15) is 11.5 Å². The summed E-state index contributed by atoms with van der Waals surface area (Å²) in [5.74, 6) is -1.38. The number of hydrogen-bond donors (Lipinski definition) is 1. The highest BCUT2D eigenvalue weighted by molar-refractivity contribution is 6.50. The maximum absolute atomic E-state index is 11.6. The predicted molar refractivity (Wildman–Crippen MR) is 67.4 cm³/mol. The number of benzene rings is 1. The average Bonchev–Trinajstić information content (AvgIpc) is 2.45. The van der Waals surface area contributed by atoms with Crippen molar-refractivity contribution in [3.05, 3.63) is 53.9 Å². The van der Waals surface area contributed by atoms with E-state index in [1.807, 2.05) is 30.3 Å². The highest BCUT2D eigenvalue weighted by atomic mass is 16.3. The summed E-state index contributed by atoms with van der Waals surface area (Å²) in [5, 5.41) is 9.72. The van der Waals surface area contributed by atoms with E-state index in [-0.39, 0.29) is 17.0 Å². The summed E-state index contributed by atoms with van der Waals surface area (Å²) in [6.45, 7) is 0. The van der Waals surface area contributed by atoms with Crippen molar-refractivity contribution >= 4 is 17.3 Å². The topological polar surface area (TPSA) is 80.2 Å². The highest BCUT2D eigenvalue weighted by Crippen LogP contribution is 2.23. The van der Waals surface area contributed by atoms with Crippen LogP contribution in [-0.4, -0.2) is 26.6 Å². The minimum atomic E-state index is -0.763. The first-order valence-electron chi connectivity index (χ1n) is 5.59. The van der Waals surface area contributed by atoms with Gasteiger partial charge in [0.15, 0.2) is 5.82 Å². The van der Waals surface area contributed by atoms with Gasteiger partial charge in [0.25, 0.3) is 0 Å². The number of aliphatic hydroxyl groups excluding tert-OH is 1. The molecule has 0 radical (unpaired) electrons. The van der Waals surface area contributed by atoms with Crippen LogP contribution in [0, 0.1) is 0 Å². The second kappa shape index (κ2) is 4.13. The number of fused-ring (bicyclic) bond motifs is 1. The summed E-state index contributed by atoms with van der Waals surface area (Å²) in [4.78, 5) is 31.1. The molecule has 1 aliphatic rings. The van der Waals surface area contributed by atoms with Crippen LogP contribution in [0.3, 0.4) is 0 Å². The van der Waals surface area contributed by atoms with Gasteiger partial charge >= 0.3 is 0 Å². The number of Topliss-reactive ketones (excluding diaryl/α,β-unsaturated/α-hetero) is 1. The molecule has 5 nitrogen and oxygen atoms in total. The molecule has 1 heterocycles. The van der Waals surface area contributed by atoms with E-state index in [2.05, 4.69) is 9.97 Å². The maximum atomic E-state index is 11.6. The number of aromatic nitrogens is 2. The SMILES string of the molecule is O=C1C=C(O)c2nc(-c3ccccc3)ncc2C1=O. The van der Waals surface area contributed by atoms with E-state index >= 15 is 0 Å². The largest absolute Gasteiger partial charge is 0.506 e. The van der Waals surface area contributed by atoms with E-state index < -0.39 is 11.6 Å². The molecule has 0 saturated carbocycles. The smallest absolute Gasteiger partial charge is 0.236 e. The Bertz CT molecular complexity index is 721. The summed E-state index contributed by atoms with van der Waals surface area (Å²) in [6.07, 6.45) is 2.15. The third kappa shape index (κ3) is 1.81. The lowest BCUT2D eigenvalue weighted by atomic mass is 9.99. The molecule has 0 bridgehead atoms. The van der Waals surface area contributed by atoms with Crippen molar-refractivity contribution in [1.82, 2.24) is 9.97 Å². The quantitative estimate of drug-likeness (QED) is 0.783. The summed E-state index contributed by atoms with van der Waals surface area (Å²) in [5.41, 5.74) is 0.894. The highest BCUT2D eigenvalue weighted by Gasteiger charge is 2.27. The molecule has 2 aromatic rings. The van der Waals surface area contributed by atoms with Crippen LogP contribution in [0.15, 0.2) is 42.6 Å².